The number of aryl methyl sites for hydroxylation is 1. The number of azo groups is 1. The minimum absolute atomic E-state index is 0.0125. The van der Waals surface area contributed by atoms with Crippen LogP contribution in [0.5, 0.6) is 0 Å². The third kappa shape index (κ3) is 7.35. The van der Waals surface area contributed by atoms with Crippen LogP contribution in [0, 0.1) is 0 Å². The van der Waals surface area contributed by atoms with Gasteiger partial charge in [0.15, 0.2) is 5.75 Å². The zero-order valence-corrected chi connectivity index (χ0v) is 22.0. The van der Waals surface area contributed by atoms with Gasteiger partial charge in [-0.15, -0.1) is 20.4 Å². The van der Waals surface area contributed by atoms with E-state index < -0.39 is 33.5 Å². The van der Waals surface area contributed by atoms with E-state index in [1.165, 1.54) is 6.07 Å². The van der Waals surface area contributed by atoms with Crippen molar-refractivity contribution >= 4 is 49.5 Å². The van der Waals surface area contributed by atoms with E-state index in [-0.39, 0.29) is 27.6 Å². The standard InChI is InChI=1S/C21H27F3N6O4S2/c1-6-30-12(2)7-8-13-9-14(15(10-16(13)30)29-36(32,33)11-21(22,23)24)25-27-19-28-26-17(35-19)18(31)34-20(3,4)5/h9-10,12,29H,6-8,11H2,1-5H3. The maximum atomic E-state index is 12.8. The summed E-state index contributed by atoms with van der Waals surface area (Å²) >= 11 is 0.808. The lowest BCUT2D eigenvalue weighted by molar-refractivity contribution is -0.106. The Hall–Kier alpha value is -2.81. The van der Waals surface area contributed by atoms with Gasteiger partial charge in [0.25, 0.3) is 5.13 Å². The molecule has 0 spiro atoms. The highest BCUT2D eigenvalue weighted by Crippen LogP contribution is 2.40. The molecule has 2 aromatic rings. The second kappa shape index (κ2) is 10.3. The zero-order chi connectivity index (χ0) is 26.9. The zero-order valence-electron chi connectivity index (χ0n) is 20.4. The fourth-order valence-electron chi connectivity index (χ4n) is 3.67. The summed E-state index contributed by atoms with van der Waals surface area (Å²) in [6, 6.07) is 3.24. The van der Waals surface area contributed by atoms with E-state index in [2.05, 4.69) is 20.4 Å². The SMILES string of the molecule is CCN1c2cc(NS(=O)(=O)CC(F)(F)F)c(N=Nc3nnc(C(=O)OC(C)(C)C)s3)cc2CCC1C. The molecule has 36 heavy (non-hydrogen) atoms. The van der Waals surface area contributed by atoms with Crippen molar-refractivity contribution in [3.05, 3.63) is 22.7 Å². The number of fused-ring (bicyclic) bond motifs is 1. The van der Waals surface area contributed by atoms with Crippen molar-refractivity contribution in [2.45, 2.75) is 65.3 Å². The molecule has 1 unspecified atom stereocenters. The number of hydrogen-bond acceptors (Lipinski definition) is 10. The molecule has 1 atom stereocenters. The van der Waals surface area contributed by atoms with Gasteiger partial charge in [0.1, 0.15) is 11.3 Å². The molecule has 1 N–H and O–H groups in total. The Labute approximate surface area is 211 Å². The number of nitrogens with zero attached hydrogens (tertiary/aromatic N) is 5. The molecule has 198 valence electrons. The number of anilines is 2. The Morgan fingerprint density at radius 2 is 1.94 bits per heavy atom. The van der Waals surface area contributed by atoms with Crippen LogP contribution in [0.15, 0.2) is 22.4 Å². The average Bonchev–Trinajstić information content (AvgIpc) is 3.18. The number of halogens is 3. The number of benzene rings is 1. The van der Waals surface area contributed by atoms with Gasteiger partial charge in [-0.3, -0.25) is 4.72 Å². The molecular weight excluding hydrogens is 521 g/mol. The van der Waals surface area contributed by atoms with Crippen LogP contribution in [0.3, 0.4) is 0 Å². The van der Waals surface area contributed by atoms with Gasteiger partial charge in [-0.1, -0.05) is 11.3 Å². The Balaban J connectivity index is 1.97. The van der Waals surface area contributed by atoms with Crippen molar-refractivity contribution in [2.75, 3.05) is 21.9 Å². The van der Waals surface area contributed by atoms with Crippen LogP contribution >= 0.6 is 11.3 Å². The summed E-state index contributed by atoms with van der Waals surface area (Å²) in [4.78, 5) is 14.2. The Morgan fingerprint density at radius 3 is 2.56 bits per heavy atom. The second-order valence-corrected chi connectivity index (χ2v) is 11.9. The maximum absolute atomic E-state index is 12.8. The summed E-state index contributed by atoms with van der Waals surface area (Å²) in [5, 5.41) is 15.4. The van der Waals surface area contributed by atoms with Crippen LogP contribution in [0.25, 0.3) is 0 Å². The third-order valence-corrected chi connectivity index (χ3v) is 7.09. The quantitative estimate of drug-likeness (QED) is 0.364. The van der Waals surface area contributed by atoms with E-state index in [9.17, 15) is 26.4 Å². The molecule has 0 fully saturated rings. The number of hydrogen-bond donors (Lipinski definition) is 1. The minimum atomic E-state index is -4.92. The van der Waals surface area contributed by atoms with E-state index in [1.807, 2.05) is 23.5 Å². The van der Waals surface area contributed by atoms with Crippen molar-refractivity contribution in [1.82, 2.24) is 10.2 Å². The van der Waals surface area contributed by atoms with Crippen LogP contribution < -0.4 is 9.62 Å². The summed E-state index contributed by atoms with van der Waals surface area (Å²) < 4.78 is 70.1. The molecule has 10 nitrogen and oxygen atoms in total. The molecule has 1 aromatic heterocycles. The van der Waals surface area contributed by atoms with Gasteiger partial charge in [0.05, 0.1) is 5.69 Å². The van der Waals surface area contributed by atoms with Crippen molar-refractivity contribution in [2.24, 2.45) is 10.2 Å². The molecule has 0 aliphatic carbocycles. The highest BCUT2D eigenvalue weighted by Gasteiger charge is 2.36. The summed E-state index contributed by atoms with van der Waals surface area (Å²) in [5.41, 5.74) is 0.697. The smallest absolute Gasteiger partial charge is 0.404 e. The number of carbonyl (C=O) groups is 1. The number of carbonyl (C=O) groups excluding carboxylic acids is 1. The number of alkyl halides is 3. The topological polar surface area (TPSA) is 126 Å². The summed E-state index contributed by atoms with van der Waals surface area (Å²) in [5.74, 6) is -2.73. The fraction of sp³-hybridized carbons (Fsp3) is 0.571. The first kappa shape index (κ1) is 27.8. The fourth-order valence-corrected chi connectivity index (χ4v) is 5.21. The van der Waals surface area contributed by atoms with Gasteiger partial charge in [0, 0.05) is 18.3 Å². The highest BCUT2D eigenvalue weighted by molar-refractivity contribution is 7.92. The summed E-state index contributed by atoms with van der Waals surface area (Å²) in [6.45, 7) is 9.68. The number of rotatable bonds is 7. The first-order chi connectivity index (χ1) is 16.6. The monoisotopic (exact) mass is 548 g/mol. The number of nitrogens with one attached hydrogen (secondary N) is 1. The Bertz CT molecular complexity index is 1260. The van der Waals surface area contributed by atoms with Crippen molar-refractivity contribution < 1.29 is 31.1 Å². The third-order valence-electron chi connectivity index (χ3n) is 5.06. The molecular formula is C21H27F3N6O4S2. The maximum Gasteiger partial charge on any atom is 0.404 e. The van der Waals surface area contributed by atoms with Gasteiger partial charge >= 0.3 is 12.1 Å². The molecule has 15 heteroatoms. The normalized spacial score (nSPS) is 16.8. The van der Waals surface area contributed by atoms with E-state index in [0.29, 0.717) is 18.7 Å². The van der Waals surface area contributed by atoms with E-state index >= 15 is 0 Å². The van der Waals surface area contributed by atoms with Crippen molar-refractivity contribution in [3.63, 3.8) is 0 Å². The molecule has 0 bridgehead atoms. The molecule has 0 radical (unpaired) electrons. The number of ether oxygens (including phenoxy) is 1. The van der Waals surface area contributed by atoms with Crippen LogP contribution in [-0.2, 0) is 21.2 Å². The van der Waals surface area contributed by atoms with Crippen molar-refractivity contribution in [1.29, 1.82) is 0 Å². The molecule has 0 amide bonds. The predicted molar refractivity (Wildman–Crippen MR) is 130 cm³/mol. The lowest BCUT2D eigenvalue weighted by Gasteiger charge is -2.36. The lowest BCUT2D eigenvalue weighted by Crippen LogP contribution is -2.37. The largest absolute Gasteiger partial charge is 0.455 e. The van der Waals surface area contributed by atoms with Gasteiger partial charge in [-0.2, -0.15) is 13.2 Å². The van der Waals surface area contributed by atoms with Crippen LogP contribution in [0.4, 0.5) is 35.4 Å². The van der Waals surface area contributed by atoms with E-state index in [0.717, 1.165) is 23.3 Å². The molecule has 1 aliphatic rings. The molecule has 2 heterocycles. The van der Waals surface area contributed by atoms with Crippen LogP contribution in [-0.4, -0.2) is 54.7 Å². The minimum Gasteiger partial charge on any atom is -0.455 e. The van der Waals surface area contributed by atoms with Crippen LogP contribution in [0.1, 0.15) is 56.4 Å². The Kier molecular flexibility index (Phi) is 7.93. The summed E-state index contributed by atoms with van der Waals surface area (Å²) in [6.07, 6.45) is -3.41. The average molecular weight is 549 g/mol. The van der Waals surface area contributed by atoms with E-state index in [1.54, 1.807) is 26.8 Å². The number of sulfonamides is 1. The first-order valence-corrected chi connectivity index (χ1v) is 13.5. The number of esters is 1. The molecule has 0 saturated carbocycles. The highest BCUT2D eigenvalue weighted by atomic mass is 32.2. The molecule has 0 saturated heterocycles. The number of aromatic nitrogens is 2. The van der Waals surface area contributed by atoms with Gasteiger partial charge in [-0.05, 0) is 65.2 Å². The molecule has 1 aliphatic heterocycles. The van der Waals surface area contributed by atoms with Crippen molar-refractivity contribution in [3.8, 4) is 0 Å². The van der Waals surface area contributed by atoms with Crippen LogP contribution in [0.2, 0.25) is 0 Å². The van der Waals surface area contributed by atoms with Gasteiger partial charge in [0.2, 0.25) is 15.0 Å². The first-order valence-electron chi connectivity index (χ1n) is 11.1. The molecule has 3 rings (SSSR count). The van der Waals surface area contributed by atoms with E-state index in [4.69, 9.17) is 4.74 Å². The summed E-state index contributed by atoms with van der Waals surface area (Å²) in [7, 11) is -4.77. The van der Waals surface area contributed by atoms with Gasteiger partial charge in [-0.25, -0.2) is 13.2 Å². The Morgan fingerprint density at radius 1 is 1.25 bits per heavy atom. The predicted octanol–water partition coefficient (Wildman–Crippen LogP) is 5.37. The lowest BCUT2D eigenvalue weighted by atomic mass is 9.95. The second-order valence-electron chi connectivity index (χ2n) is 9.24. The van der Waals surface area contributed by atoms with Gasteiger partial charge < -0.3 is 9.64 Å². The molecule has 1 aromatic carbocycles.